The van der Waals surface area contributed by atoms with Crippen LogP contribution >= 0.6 is 0 Å². The van der Waals surface area contributed by atoms with Gasteiger partial charge in [0.15, 0.2) is 0 Å². The molecule has 1 aromatic carbocycles. The van der Waals surface area contributed by atoms with Crippen LogP contribution in [-0.4, -0.2) is 45.0 Å². The average Bonchev–Trinajstić information content (AvgIpc) is 3.05. The zero-order valence-corrected chi connectivity index (χ0v) is 14.5. The average molecular weight is 351 g/mol. The van der Waals surface area contributed by atoms with Gasteiger partial charge in [-0.2, -0.15) is 5.10 Å². The third-order valence-electron chi connectivity index (χ3n) is 5.09. The van der Waals surface area contributed by atoms with Gasteiger partial charge in [-0.25, -0.2) is 0 Å². The smallest absolute Gasteiger partial charge is 0.253 e. The fourth-order valence-corrected chi connectivity index (χ4v) is 3.58. The van der Waals surface area contributed by atoms with Crippen molar-refractivity contribution in [2.45, 2.75) is 18.1 Å². The molecule has 0 bridgehead atoms. The van der Waals surface area contributed by atoms with E-state index in [2.05, 4.69) is 20.7 Å². The molecule has 26 heavy (non-hydrogen) atoms. The molecule has 1 amide bonds. The van der Waals surface area contributed by atoms with Crippen LogP contribution in [0.5, 0.6) is 0 Å². The lowest BCUT2D eigenvalue weighted by Gasteiger charge is -2.43. The highest BCUT2D eigenvalue weighted by Gasteiger charge is 2.43. The van der Waals surface area contributed by atoms with E-state index < -0.39 is 11.6 Å². The number of nitrogens with zero attached hydrogens (tertiary/aromatic N) is 3. The summed E-state index contributed by atoms with van der Waals surface area (Å²) in [6.07, 6.45) is 3.09. The molecule has 7 heteroatoms. The largest absolute Gasteiger partial charge is 0.389 e. The topological polar surface area (TPSA) is 92.1 Å². The molecule has 0 unspecified atom stereocenters. The van der Waals surface area contributed by atoms with E-state index in [4.69, 9.17) is 0 Å². The lowest BCUT2D eigenvalue weighted by molar-refractivity contribution is 0.0289. The summed E-state index contributed by atoms with van der Waals surface area (Å²) >= 11 is 0. The summed E-state index contributed by atoms with van der Waals surface area (Å²) in [6, 6.07) is 11.4. The Morgan fingerprint density at radius 2 is 2.15 bits per heavy atom. The van der Waals surface area contributed by atoms with Gasteiger partial charge >= 0.3 is 0 Å². The van der Waals surface area contributed by atoms with Crippen LogP contribution in [0.4, 0.5) is 0 Å². The first kappa shape index (κ1) is 16.7. The number of β-amino-alcohol motifs (C(OH)–C–C–N with tert-alkyl or cyclic N) is 1. The van der Waals surface area contributed by atoms with Crippen molar-refractivity contribution >= 4 is 16.9 Å². The summed E-state index contributed by atoms with van der Waals surface area (Å²) in [5.74, 6) is -0.259. The number of amides is 1. The first-order valence-electron chi connectivity index (χ1n) is 8.65. The fourth-order valence-electron chi connectivity index (χ4n) is 3.58. The van der Waals surface area contributed by atoms with Crippen LogP contribution in [0.1, 0.15) is 22.3 Å². The summed E-state index contributed by atoms with van der Waals surface area (Å²) in [7, 11) is 1.81. The Kier molecular flexibility index (Phi) is 4.18. The molecular weight excluding hydrogens is 330 g/mol. The van der Waals surface area contributed by atoms with Crippen molar-refractivity contribution in [2.24, 2.45) is 7.05 Å². The van der Waals surface area contributed by atoms with E-state index in [0.29, 0.717) is 25.1 Å². The van der Waals surface area contributed by atoms with Crippen molar-refractivity contribution in [1.82, 2.24) is 25.4 Å². The second-order valence-corrected chi connectivity index (χ2v) is 6.66. The predicted molar refractivity (Wildman–Crippen MR) is 97.6 cm³/mol. The van der Waals surface area contributed by atoms with Crippen molar-refractivity contribution in [1.29, 1.82) is 0 Å². The number of piperidine rings is 1. The number of benzene rings is 1. The first-order valence-corrected chi connectivity index (χ1v) is 8.65. The van der Waals surface area contributed by atoms with Crippen molar-refractivity contribution in [2.75, 3.05) is 13.1 Å². The normalized spacial score (nSPS) is 23.1. The third-order valence-corrected chi connectivity index (χ3v) is 5.09. The van der Waals surface area contributed by atoms with Crippen LogP contribution in [0.3, 0.4) is 0 Å². The maximum atomic E-state index is 13.0. The minimum atomic E-state index is -0.828. The summed E-state index contributed by atoms with van der Waals surface area (Å²) in [4.78, 5) is 17.3. The van der Waals surface area contributed by atoms with Crippen LogP contribution < -0.4 is 10.6 Å². The number of carbonyl (C=O) groups is 1. The van der Waals surface area contributed by atoms with Crippen LogP contribution in [0.15, 0.2) is 48.8 Å². The molecule has 1 fully saturated rings. The maximum Gasteiger partial charge on any atom is 0.253 e. The monoisotopic (exact) mass is 351 g/mol. The Morgan fingerprint density at radius 3 is 2.92 bits per heavy atom. The summed E-state index contributed by atoms with van der Waals surface area (Å²) < 4.78 is 1.69. The highest BCUT2D eigenvalue weighted by Crippen LogP contribution is 2.31. The standard InChI is InChI=1S/C19H21N5O2/c1-24-16-9-13(10-21-15(16)11-22-24)18(26)23-19(7-8-20-12-17(19)25)14-5-3-2-4-6-14/h2-6,9-11,17,20,25H,7-8,12H2,1H3,(H,23,26)/t17-,19+/m1/s1. The fraction of sp³-hybridized carbons (Fsp3) is 0.316. The molecule has 1 aliphatic rings. The number of aliphatic hydroxyl groups excluding tert-OH is 1. The van der Waals surface area contributed by atoms with Crippen molar-refractivity contribution < 1.29 is 9.90 Å². The number of hydrogen-bond donors (Lipinski definition) is 3. The van der Waals surface area contributed by atoms with Gasteiger partial charge in [0.1, 0.15) is 5.52 Å². The van der Waals surface area contributed by atoms with E-state index >= 15 is 0 Å². The molecule has 3 aromatic rings. The number of nitrogens with one attached hydrogen (secondary N) is 2. The lowest BCUT2D eigenvalue weighted by Crippen LogP contribution is -2.61. The molecule has 0 saturated carbocycles. The molecule has 3 N–H and O–H groups in total. The van der Waals surface area contributed by atoms with E-state index in [1.807, 2.05) is 37.4 Å². The molecule has 0 radical (unpaired) electrons. The quantitative estimate of drug-likeness (QED) is 0.653. The molecule has 1 aliphatic heterocycles. The van der Waals surface area contributed by atoms with Gasteiger partial charge in [-0.05, 0) is 24.6 Å². The number of carbonyl (C=O) groups excluding carboxylic acids is 1. The number of pyridine rings is 1. The van der Waals surface area contributed by atoms with E-state index in [9.17, 15) is 9.90 Å². The van der Waals surface area contributed by atoms with Gasteiger partial charge < -0.3 is 15.7 Å². The number of aryl methyl sites for hydroxylation is 1. The third kappa shape index (κ3) is 2.75. The number of aliphatic hydroxyl groups is 1. The lowest BCUT2D eigenvalue weighted by atomic mass is 9.79. The molecule has 2 atom stereocenters. The molecule has 4 rings (SSSR count). The summed E-state index contributed by atoms with van der Waals surface area (Å²) in [6.45, 7) is 1.14. The Balaban J connectivity index is 1.70. The Labute approximate surface area is 151 Å². The van der Waals surface area contributed by atoms with Crippen molar-refractivity contribution in [3.63, 3.8) is 0 Å². The van der Waals surface area contributed by atoms with E-state index in [0.717, 1.165) is 16.6 Å². The number of rotatable bonds is 3. The van der Waals surface area contributed by atoms with Crippen molar-refractivity contribution in [3.05, 3.63) is 59.9 Å². The predicted octanol–water partition coefficient (Wildman–Crippen LogP) is 0.948. The molecule has 0 aliphatic carbocycles. The van der Waals surface area contributed by atoms with Gasteiger partial charge in [0.05, 0.1) is 28.9 Å². The molecule has 1 saturated heterocycles. The molecule has 134 valence electrons. The van der Waals surface area contributed by atoms with Gasteiger partial charge in [0, 0.05) is 19.8 Å². The minimum Gasteiger partial charge on any atom is -0.389 e. The van der Waals surface area contributed by atoms with Gasteiger partial charge in [0.25, 0.3) is 5.91 Å². The Hall–Kier alpha value is -2.77. The Morgan fingerprint density at radius 1 is 1.35 bits per heavy atom. The number of hydrogen-bond acceptors (Lipinski definition) is 5. The summed E-state index contributed by atoms with van der Waals surface area (Å²) in [5.41, 5.74) is 2.05. The summed E-state index contributed by atoms with van der Waals surface area (Å²) in [5, 5.41) is 21.2. The second-order valence-electron chi connectivity index (χ2n) is 6.66. The zero-order valence-electron chi connectivity index (χ0n) is 14.5. The van der Waals surface area contributed by atoms with Crippen LogP contribution in [-0.2, 0) is 12.6 Å². The molecule has 3 heterocycles. The molecule has 2 aromatic heterocycles. The van der Waals surface area contributed by atoms with E-state index in [-0.39, 0.29) is 5.91 Å². The van der Waals surface area contributed by atoms with Gasteiger partial charge in [0.2, 0.25) is 0 Å². The second kappa shape index (κ2) is 6.51. The molecular formula is C19H21N5O2. The molecule has 0 spiro atoms. The van der Waals surface area contributed by atoms with Gasteiger partial charge in [-0.3, -0.25) is 14.5 Å². The Bertz CT molecular complexity index is 940. The van der Waals surface area contributed by atoms with Crippen molar-refractivity contribution in [3.8, 4) is 0 Å². The maximum absolute atomic E-state index is 13.0. The minimum absolute atomic E-state index is 0.259. The van der Waals surface area contributed by atoms with Gasteiger partial charge in [-0.15, -0.1) is 0 Å². The van der Waals surface area contributed by atoms with Crippen LogP contribution in [0.25, 0.3) is 11.0 Å². The van der Waals surface area contributed by atoms with Gasteiger partial charge in [-0.1, -0.05) is 30.3 Å². The van der Waals surface area contributed by atoms with Crippen LogP contribution in [0, 0.1) is 0 Å². The number of fused-ring (bicyclic) bond motifs is 1. The zero-order chi connectivity index (χ0) is 18.1. The SMILES string of the molecule is Cn1ncc2ncc(C(=O)N[C@]3(c4ccccc4)CCNC[C@H]3O)cc21. The highest BCUT2D eigenvalue weighted by atomic mass is 16.3. The molecule has 7 nitrogen and oxygen atoms in total. The number of aromatic nitrogens is 3. The van der Waals surface area contributed by atoms with E-state index in [1.54, 1.807) is 23.1 Å². The van der Waals surface area contributed by atoms with E-state index in [1.165, 1.54) is 0 Å². The first-order chi connectivity index (χ1) is 12.6. The highest BCUT2D eigenvalue weighted by molar-refractivity contribution is 5.97. The van der Waals surface area contributed by atoms with Crippen LogP contribution in [0.2, 0.25) is 0 Å².